The Bertz CT molecular complexity index is 856. The molecule has 4 rings (SSSR count). The van der Waals surface area contributed by atoms with Crippen molar-refractivity contribution < 1.29 is 4.79 Å². The third-order valence-corrected chi connectivity index (χ3v) is 8.02. The summed E-state index contributed by atoms with van der Waals surface area (Å²) in [6, 6.07) is 7.86. The number of hydrogen-bond donors (Lipinski definition) is 1. The number of rotatable bonds is 2. The summed E-state index contributed by atoms with van der Waals surface area (Å²) < 4.78 is 1.02. The maximum absolute atomic E-state index is 12.2. The minimum atomic E-state index is -0.114. The Kier molecular flexibility index (Phi) is 4.39. The molecule has 26 heavy (non-hydrogen) atoms. The van der Waals surface area contributed by atoms with E-state index in [9.17, 15) is 4.79 Å². The minimum absolute atomic E-state index is 0.114. The first-order chi connectivity index (χ1) is 12.3. The Morgan fingerprint density at radius 2 is 1.96 bits per heavy atom. The van der Waals surface area contributed by atoms with E-state index in [-0.39, 0.29) is 16.7 Å². The number of benzene rings is 1. The molecule has 1 aromatic rings. The lowest BCUT2D eigenvalue weighted by Crippen LogP contribution is -2.32. The van der Waals surface area contributed by atoms with Crippen LogP contribution < -0.4 is 5.32 Å². The summed E-state index contributed by atoms with van der Waals surface area (Å²) in [5.41, 5.74) is 2.59. The Morgan fingerprint density at radius 1 is 1.23 bits per heavy atom. The van der Waals surface area contributed by atoms with Crippen molar-refractivity contribution in [2.75, 3.05) is 0 Å². The largest absolute Gasteiger partial charge is 0.299 e. The molecule has 2 atom stereocenters. The van der Waals surface area contributed by atoms with E-state index >= 15 is 0 Å². The molecule has 0 radical (unpaired) electrons. The molecule has 1 aromatic carbocycles. The number of nitrogens with one attached hydrogen (secondary N) is 1. The summed E-state index contributed by atoms with van der Waals surface area (Å²) in [6.07, 6.45) is 5.37. The highest BCUT2D eigenvalue weighted by atomic mass is 79.9. The lowest BCUT2D eigenvalue weighted by molar-refractivity contribution is -0.115. The van der Waals surface area contributed by atoms with Crippen LogP contribution in [0.4, 0.5) is 0 Å². The van der Waals surface area contributed by atoms with Gasteiger partial charge >= 0.3 is 0 Å². The van der Waals surface area contributed by atoms with E-state index in [0.717, 1.165) is 16.5 Å². The van der Waals surface area contributed by atoms with Gasteiger partial charge in [-0.1, -0.05) is 48.8 Å². The average Bonchev–Trinajstić information content (AvgIpc) is 3.12. The first-order valence-corrected chi connectivity index (χ1v) is 10.5. The van der Waals surface area contributed by atoms with Gasteiger partial charge in [-0.05, 0) is 66.1 Å². The number of halogens is 1. The molecule has 1 heterocycles. The van der Waals surface area contributed by atoms with Gasteiger partial charge in [0, 0.05) is 15.6 Å². The van der Waals surface area contributed by atoms with E-state index in [0.29, 0.717) is 16.0 Å². The van der Waals surface area contributed by atoms with Crippen molar-refractivity contribution in [1.82, 2.24) is 5.32 Å². The van der Waals surface area contributed by atoms with Crippen LogP contribution in [-0.2, 0) is 4.79 Å². The summed E-state index contributed by atoms with van der Waals surface area (Å²) in [5, 5.41) is 12.3. The molecule has 2 aliphatic carbocycles. The zero-order valence-corrected chi connectivity index (χ0v) is 17.6. The Balaban J connectivity index is 1.53. The molecule has 3 fully saturated rings. The molecule has 1 amide bonds. The molecule has 2 bridgehead atoms. The molecule has 1 aliphatic heterocycles. The summed E-state index contributed by atoms with van der Waals surface area (Å²) in [6.45, 7) is 7.02. The highest BCUT2D eigenvalue weighted by Crippen LogP contribution is 2.64. The van der Waals surface area contributed by atoms with Gasteiger partial charge in [0.2, 0.25) is 0 Å². The van der Waals surface area contributed by atoms with Crippen molar-refractivity contribution in [2.45, 2.75) is 40.0 Å². The van der Waals surface area contributed by atoms with E-state index < -0.39 is 0 Å². The summed E-state index contributed by atoms with van der Waals surface area (Å²) in [7, 11) is 0. The van der Waals surface area contributed by atoms with Crippen LogP contribution in [0.3, 0.4) is 0 Å². The lowest BCUT2D eigenvalue weighted by Gasteiger charge is -2.34. The lowest BCUT2D eigenvalue weighted by atomic mass is 9.70. The fourth-order valence-corrected chi connectivity index (χ4v) is 5.41. The number of carbonyl (C=O) groups excluding carboxylic acids is 1. The molecule has 4 nitrogen and oxygen atoms in total. The van der Waals surface area contributed by atoms with Crippen molar-refractivity contribution >= 4 is 50.6 Å². The van der Waals surface area contributed by atoms with Gasteiger partial charge in [0.1, 0.15) is 0 Å². The Morgan fingerprint density at radius 3 is 2.58 bits per heavy atom. The van der Waals surface area contributed by atoms with Crippen molar-refractivity contribution in [3.8, 4) is 0 Å². The van der Waals surface area contributed by atoms with Crippen LogP contribution in [0.25, 0.3) is 6.08 Å². The molecule has 2 saturated carbocycles. The first kappa shape index (κ1) is 18.0. The third kappa shape index (κ3) is 2.87. The molecule has 136 valence electrons. The SMILES string of the molecule is CC1(C)[C@@H]2CC[C@@]1(C)/C(=N\N=C1\NC(=O)/C(=C\c3ccc(Br)cc3)S1)C2. The second-order valence-corrected chi connectivity index (χ2v) is 10.0. The van der Waals surface area contributed by atoms with Crippen LogP contribution in [-0.4, -0.2) is 16.8 Å². The number of nitrogens with zero attached hydrogens (tertiary/aromatic N) is 2. The van der Waals surface area contributed by atoms with Gasteiger partial charge in [0.25, 0.3) is 5.91 Å². The number of amidine groups is 1. The van der Waals surface area contributed by atoms with Crippen LogP contribution in [0.5, 0.6) is 0 Å². The quantitative estimate of drug-likeness (QED) is 0.515. The number of amides is 1. The normalized spacial score (nSPS) is 34.2. The van der Waals surface area contributed by atoms with E-state index in [1.54, 1.807) is 0 Å². The predicted octanol–water partition coefficient (Wildman–Crippen LogP) is 5.21. The number of thioether (sulfide) groups is 1. The molecule has 1 N–H and O–H groups in total. The molecule has 0 aromatic heterocycles. The maximum Gasteiger partial charge on any atom is 0.264 e. The fourth-order valence-electron chi connectivity index (χ4n) is 4.37. The average molecular weight is 432 g/mol. The zero-order valence-electron chi connectivity index (χ0n) is 15.2. The molecule has 0 spiro atoms. The van der Waals surface area contributed by atoms with Gasteiger partial charge in [-0.25, -0.2) is 0 Å². The zero-order chi connectivity index (χ0) is 18.5. The molecule has 0 unspecified atom stereocenters. The van der Waals surface area contributed by atoms with Gasteiger partial charge in [-0.2, -0.15) is 5.10 Å². The standard InChI is InChI=1S/C20H22BrN3OS/c1-19(2)13-8-9-20(19,3)16(11-13)23-24-18-22-17(25)15(26-18)10-12-4-6-14(21)7-5-12/h4-7,10,13H,8-9,11H2,1-3H3,(H,22,24,25)/b15-10+,23-16-/t13-,20+/m1/s1. The fraction of sp³-hybridized carbons (Fsp3) is 0.450. The second-order valence-electron chi connectivity index (χ2n) is 8.06. The summed E-state index contributed by atoms with van der Waals surface area (Å²) in [4.78, 5) is 12.9. The summed E-state index contributed by atoms with van der Waals surface area (Å²) in [5.74, 6) is 0.585. The van der Waals surface area contributed by atoms with Gasteiger partial charge < -0.3 is 0 Å². The van der Waals surface area contributed by atoms with Gasteiger partial charge in [-0.15, -0.1) is 5.10 Å². The topological polar surface area (TPSA) is 53.8 Å². The molecular weight excluding hydrogens is 410 g/mol. The van der Waals surface area contributed by atoms with Gasteiger partial charge in [0.05, 0.1) is 4.91 Å². The van der Waals surface area contributed by atoms with Crippen LogP contribution in [0.1, 0.15) is 45.6 Å². The highest BCUT2D eigenvalue weighted by molar-refractivity contribution is 9.10. The number of carbonyl (C=O) groups is 1. The van der Waals surface area contributed by atoms with Crippen molar-refractivity contribution in [1.29, 1.82) is 0 Å². The molecule has 6 heteroatoms. The van der Waals surface area contributed by atoms with Gasteiger partial charge in [0.15, 0.2) is 5.17 Å². The number of hydrogen-bond acceptors (Lipinski definition) is 4. The predicted molar refractivity (Wildman–Crippen MR) is 112 cm³/mol. The van der Waals surface area contributed by atoms with Crippen LogP contribution in [0.15, 0.2) is 43.8 Å². The van der Waals surface area contributed by atoms with E-state index in [2.05, 4.69) is 52.2 Å². The van der Waals surface area contributed by atoms with Crippen LogP contribution >= 0.6 is 27.7 Å². The Hall–Kier alpha value is -1.40. The Labute approximate surface area is 166 Å². The van der Waals surface area contributed by atoms with E-state index in [1.807, 2.05) is 30.3 Å². The summed E-state index contributed by atoms with van der Waals surface area (Å²) >= 11 is 4.77. The van der Waals surface area contributed by atoms with E-state index in [1.165, 1.54) is 30.3 Å². The molecular formula is C20H22BrN3OS. The van der Waals surface area contributed by atoms with Crippen molar-refractivity contribution in [3.05, 3.63) is 39.2 Å². The molecule has 1 saturated heterocycles. The van der Waals surface area contributed by atoms with Crippen molar-refractivity contribution in [3.63, 3.8) is 0 Å². The second kappa shape index (κ2) is 6.34. The maximum atomic E-state index is 12.2. The molecule has 3 aliphatic rings. The monoisotopic (exact) mass is 431 g/mol. The van der Waals surface area contributed by atoms with E-state index in [4.69, 9.17) is 0 Å². The third-order valence-electron chi connectivity index (χ3n) is 6.59. The highest BCUT2D eigenvalue weighted by Gasteiger charge is 2.60. The van der Waals surface area contributed by atoms with Crippen LogP contribution in [0.2, 0.25) is 0 Å². The van der Waals surface area contributed by atoms with Gasteiger partial charge in [-0.3, -0.25) is 10.1 Å². The smallest absolute Gasteiger partial charge is 0.264 e. The number of fused-ring (bicyclic) bond motifs is 2. The van der Waals surface area contributed by atoms with Crippen LogP contribution in [0, 0.1) is 16.7 Å². The first-order valence-electron chi connectivity index (χ1n) is 8.91. The van der Waals surface area contributed by atoms with Crippen molar-refractivity contribution in [2.24, 2.45) is 27.0 Å². The minimum Gasteiger partial charge on any atom is -0.299 e.